The molecule has 1 fully saturated rings. The lowest BCUT2D eigenvalue weighted by Crippen LogP contribution is -2.34. The van der Waals surface area contributed by atoms with Gasteiger partial charge in [-0.3, -0.25) is 9.48 Å². The topological polar surface area (TPSA) is 67.2 Å². The molecule has 1 saturated carbocycles. The van der Waals surface area contributed by atoms with Crippen LogP contribution < -0.4 is 5.32 Å². The summed E-state index contributed by atoms with van der Waals surface area (Å²) in [5, 5.41) is 17.2. The van der Waals surface area contributed by atoms with Crippen LogP contribution in [0.2, 0.25) is 0 Å². The molecule has 21 heavy (non-hydrogen) atoms. The summed E-state index contributed by atoms with van der Waals surface area (Å²) in [4.78, 5) is 11.3. The van der Waals surface area contributed by atoms with E-state index in [0.717, 1.165) is 44.3 Å². The van der Waals surface area contributed by atoms with E-state index in [2.05, 4.69) is 24.3 Å². The Hall–Kier alpha value is -1.36. The normalized spacial score (nSPS) is 23.9. The van der Waals surface area contributed by atoms with Crippen molar-refractivity contribution in [3.8, 4) is 0 Å². The molecule has 0 radical (unpaired) electrons. The van der Waals surface area contributed by atoms with E-state index < -0.39 is 5.97 Å². The maximum atomic E-state index is 11.3. The van der Waals surface area contributed by atoms with Gasteiger partial charge in [0.25, 0.3) is 0 Å². The predicted octanol–water partition coefficient (Wildman–Crippen LogP) is 2.83. The summed E-state index contributed by atoms with van der Waals surface area (Å²) in [5.74, 6) is -0.556. The maximum Gasteiger partial charge on any atom is 0.306 e. The second-order valence-corrected chi connectivity index (χ2v) is 6.16. The van der Waals surface area contributed by atoms with Gasteiger partial charge in [0.1, 0.15) is 0 Å². The van der Waals surface area contributed by atoms with Gasteiger partial charge in [0.2, 0.25) is 0 Å². The highest BCUT2D eigenvalue weighted by molar-refractivity contribution is 5.70. The molecule has 1 aliphatic rings. The van der Waals surface area contributed by atoms with Crippen molar-refractivity contribution in [3.05, 3.63) is 18.0 Å². The molecular formula is C16H27N3O2. The maximum absolute atomic E-state index is 11.3. The monoisotopic (exact) mass is 293 g/mol. The number of nitrogens with zero attached hydrogens (tertiary/aromatic N) is 2. The molecule has 2 rings (SSSR count). The number of rotatable bonds is 7. The third kappa shape index (κ3) is 4.30. The van der Waals surface area contributed by atoms with Crippen LogP contribution in [0.4, 0.5) is 0 Å². The number of carbonyl (C=O) groups is 1. The molecule has 3 unspecified atom stereocenters. The van der Waals surface area contributed by atoms with Crippen LogP contribution in [0.1, 0.15) is 57.7 Å². The molecule has 1 aromatic heterocycles. The zero-order chi connectivity index (χ0) is 15.2. The first-order valence-electron chi connectivity index (χ1n) is 8.09. The van der Waals surface area contributed by atoms with Crippen molar-refractivity contribution in [1.29, 1.82) is 0 Å². The van der Waals surface area contributed by atoms with Gasteiger partial charge in [0, 0.05) is 18.8 Å². The van der Waals surface area contributed by atoms with Crippen LogP contribution in [0.15, 0.2) is 12.3 Å². The molecule has 1 aromatic rings. The average Bonchev–Trinajstić information content (AvgIpc) is 2.95. The molecular weight excluding hydrogens is 266 g/mol. The summed E-state index contributed by atoms with van der Waals surface area (Å²) >= 11 is 0. The standard InChI is InChI=1S/C16H27N3O2/c1-3-12(2)19-9-8-14(18-19)11-17-10-13-6-4-5-7-15(13)16(20)21/h8-9,12-13,15,17H,3-7,10-11H2,1-2H3,(H,20,21). The van der Waals surface area contributed by atoms with E-state index in [0.29, 0.717) is 12.6 Å². The minimum atomic E-state index is -0.637. The van der Waals surface area contributed by atoms with Crippen LogP contribution in [-0.4, -0.2) is 27.4 Å². The van der Waals surface area contributed by atoms with E-state index in [9.17, 15) is 9.90 Å². The van der Waals surface area contributed by atoms with Gasteiger partial charge in [-0.15, -0.1) is 0 Å². The summed E-state index contributed by atoms with van der Waals surface area (Å²) < 4.78 is 2.00. The van der Waals surface area contributed by atoms with Crippen LogP contribution in [0.5, 0.6) is 0 Å². The summed E-state index contributed by atoms with van der Waals surface area (Å²) in [5.41, 5.74) is 1.03. The molecule has 1 aliphatic carbocycles. The minimum absolute atomic E-state index is 0.177. The third-order valence-electron chi connectivity index (χ3n) is 4.64. The Morgan fingerprint density at radius 2 is 2.29 bits per heavy atom. The molecule has 3 atom stereocenters. The molecule has 2 N–H and O–H groups in total. The molecule has 0 bridgehead atoms. The van der Waals surface area contributed by atoms with Gasteiger partial charge in [0.15, 0.2) is 0 Å². The van der Waals surface area contributed by atoms with Gasteiger partial charge in [-0.25, -0.2) is 0 Å². The van der Waals surface area contributed by atoms with E-state index in [-0.39, 0.29) is 11.8 Å². The van der Waals surface area contributed by atoms with Crippen molar-refractivity contribution in [2.75, 3.05) is 6.54 Å². The number of hydrogen-bond donors (Lipinski definition) is 2. The second kappa shape index (κ2) is 7.59. The van der Waals surface area contributed by atoms with Crippen LogP contribution in [0, 0.1) is 11.8 Å². The highest BCUT2D eigenvalue weighted by atomic mass is 16.4. The Labute approximate surface area is 126 Å². The lowest BCUT2D eigenvalue weighted by atomic mass is 9.79. The number of carboxylic acid groups (broad SMARTS) is 1. The van der Waals surface area contributed by atoms with Crippen LogP contribution in [-0.2, 0) is 11.3 Å². The van der Waals surface area contributed by atoms with E-state index in [1.807, 2.05) is 16.9 Å². The largest absolute Gasteiger partial charge is 0.481 e. The van der Waals surface area contributed by atoms with Gasteiger partial charge < -0.3 is 10.4 Å². The molecule has 0 saturated heterocycles. The molecule has 0 aromatic carbocycles. The van der Waals surface area contributed by atoms with Crippen molar-refractivity contribution in [2.24, 2.45) is 11.8 Å². The van der Waals surface area contributed by atoms with E-state index in [1.54, 1.807) is 0 Å². The van der Waals surface area contributed by atoms with Gasteiger partial charge in [-0.2, -0.15) is 5.10 Å². The first-order chi connectivity index (χ1) is 10.1. The summed E-state index contributed by atoms with van der Waals surface area (Å²) in [6, 6.07) is 2.46. The zero-order valence-corrected chi connectivity index (χ0v) is 13.1. The van der Waals surface area contributed by atoms with Crippen molar-refractivity contribution in [2.45, 2.75) is 58.5 Å². The number of carboxylic acids is 1. The Bertz CT molecular complexity index is 458. The van der Waals surface area contributed by atoms with E-state index >= 15 is 0 Å². The smallest absolute Gasteiger partial charge is 0.306 e. The fraction of sp³-hybridized carbons (Fsp3) is 0.750. The summed E-state index contributed by atoms with van der Waals surface area (Å²) in [7, 11) is 0. The molecule has 118 valence electrons. The fourth-order valence-corrected chi connectivity index (χ4v) is 3.07. The predicted molar refractivity (Wildman–Crippen MR) is 82.0 cm³/mol. The second-order valence-electron chi connectivity index (χ2n) is 6.16. The zero-order valence-electron chi connectivity index (χ0n) is 13.1. The van der Waals surface area contributed by atoms with E-state index in [1.165, 1.54) is 0 Å². The van der Waals surface area contributed by atoms with E-state index in [4.69, 9.17) is 0 Å². The molecule has 0 amide bonds. The molecule has 5 nitrogen and oxygen atoms in total. The molecule has 5 heteroatoms. The highest BCUT2D eigenvalue weighted by Crippen LogP contribution is 2.29. The summed E-state index contributed by atoms with van der Waals surface area (Å²) in [6.07, 6.45) is 7.13. The SMILES string of the molecule is CCC(C)n1ccc(CNCC2CCCCC2C(=O)O)n1. The average molecular weight is 293 g/mol. The Balaban J connectivity index is 1.80. The van der Waals surface area contributed by atoms with Gasteiger partial charge in [-0.1, -0.05) is 19.8 Å². The number of aliphatic carboxylic acids is 1. The van der Waals surface area contributed by atoms with Crippen LogP contribution >= 0.6 is 0 Å². The highest BCUT2D eigenvalue weighted by Gasteiger charge is 2.30. The lowest BCUT2D eigenvalue weighted by molar-refractivity contribution is -0.144. The number of hydrogen-bond acceptors (Lipinski definition) is 3. The van der Waals surface area contributed by atoms with Crippen molar-refractivity contribution < 1.29 is 9.90 Å². The van der Waals surface area contributed by atoms with Gasteiger partial charge in [0.05, 0.1) is 11.6 Å². The minimum Gasteiger partial charge on any atom is -0.481 e. The third-order valence-corrected chi connectivity index (χ3v) is 4.64. The van der Waals surface area contributed by atoms with Gasteiger partial charge in [-0.05, 0) is 44.7 Å². The summed E-state index contributed by atoms with van der Waals surface area (Å²) in [6.45, 7) is 5.79. The first-order valence-corrected chi connectivity index (χ1v) is 8.09. The van der Waals surface area contributed by atoms with Crippen molar-refractivity contribution in [1.82, 2.24) is 15.1 Å². The van der Waals surface area contributed by atoms with Gasteiger partial charge >= 0.3 is 5.97 Å². The molecule has 0 spiro atoms. The first kappa shape index (κ1) is 16.0. The Morgan fingerprint density at radius 3 is 3.00 bits per heavy atom. The van der Waals surface area contributed by atoms with Crippen LogP contribution in [0.3, 0.4) is 0 Å². The van der Waals surface area contributed by atoms with Crippen molar-refractivity contribution >= 4 is 5.97 Å². The quantitative estimate of drug-likeness (QED) is 0.811. The fourth-order valence-electron chi connectivity index (χ4n) is 3.07. The van der Waals surface area contributed by atoms with Crippen molar-refractivity contribution in [3.63, 3.8) is 0 Å². The van der Waals surface area contributed by atoms with Crippen LogP contribution in [0.25, 0.3) is 0 Å². The molecule has 1 heterocycles. The molecule has 0 aliphatic heterocycles. The Morgan fingerprint density at radius 1 is 1.52 bits per heavy atom. The lowest BCUT2D eigenvalue weighted by Gasteiger charge is -2.28. The number of nitrogens with one attached hydrogen (secondary N) is 1. The Kier molecular flexibility index (Phi) is 5.79. The number of aromatic nitrogens is 2.